The molecule has 0 unspecified atom stereocenters. The highest BCUT2D eigenvalue weighted by Gasteiger charge is 2.35. The van der Waals surface area contributed by atoms with E-state index < -0.39 is 0 Å². The van der Waals surface area contributed by atoms with Crippen molar-refractivity contribution in [1.29, 1.82) is 0 Å². The molecule has 0 atom stereocenters. The van der Waals surface area contributed by atoms with Gasteiger partial charge in [-0.25, -0.2) is 0 Å². The van der Waals surface area contributed by atoms with Gasteiger partial charge < -0.3 is 18.6 Å². The largest absolute Gasteiger partial charge is 0.456 e. The minimum atomic E-state index is -0.114. The van der Waals surface area contributed by atoms with Crippen molar-refractivity contribution >= 4 is 78.0 Å². The van der Waals surface area contributed by atoms with Gasteiger partial charge in [0, 0.05) is 67.2 Å². The lowest BCUT2D eigenvalue weighted by Crippen LogP contribution is -2.16. The summed E-state index contributed by atoms with van der Waals surface area (Å²) >= 11 is 0. The molecule has 10 aromatic carbocycles. The van der Waals surface area contributed by atoms with Gasteiger partial charge in [0.2, 0.25) is 0 Å². The van der Waals surface area contributed by atoms with Gasteiger partial charge in [0.05, 0.1) is 0 Å². The summed E-state index contributed by atoms with van der Waals surface area (Å²) < 4.78 is 12.7. The standard InChI is InChI=1S/C63H44N2O2/c1-63(2)57-17-9-6-14-51(57)52-35-32-49(39-58(52)63)64(45-26-20-42(21-27-45)41-12-4-3-5-13-41)46-28-22-43(23-29-46)44-24-30-47(31-25-44)65(48-34-37-61-56(38-48)54-16-8-11-19-60(54)66-61)50-33-36-55-53-15-7-10-18-59(53)67-62(55)40-50/h3-40H,1-2H3. The van der Waals surface area contributed by atoms with Crippen molar-refractivity contribution in [3.63, 3.8) is 0 Å². The number of hydrogen-bond acceptors (Lipinski definition) is 4. The first kappa shape index (κ1) is 38.8. The molecule has 2 aromatic heterocycles. The van der Waals surface area contributed by atoms with Gasteiger partial charge in [0.1, 0.15) is 22.3 Å². The molecule has 0 saturated carbocycles. The number of furan rings is 2. The first-order chi connectivity index (χ1) is 32.9. The number of nitrogens with zero attached hydrogens (tertiary/aromatic N) is 2. The van der Waals surface area contributed by atoms with E-state index in [1.807, 2.05) is 24.3 Å². The Balaban J connectivity index is 0.874. The molecule has 2 heterocycles. The van der Waals surface area contributed by atoms with E-state index in [4.69, 9.17) is 8.83 Å². The van der Waals surface area contributed by atoms with Crippen LogP contribution in [0.5, 0.6) is 0 Å². The quantitative estimate of drug-likeness (QED) is 0.152. The van der Waals surface area contributed by atoms with E-state index in [1.165, 1.54) is 33.4 Å². The Morgan fingerprint density at radius 3 is 1.36 bits per heavy atom. The zero-order valence-corrected chi connectivity index (χ0v) is 37.2. The fourth-order valence-corrected chi connectivity index (χ4v) is 10.5. The van der Waals surface area contributed by atoms with E-state index in [1.54, 1.807) is 0 Å². The van der Waals surface area contributed by atoms with Gasteiger partial charge in [-0.1, -0.05) is 147 Å². The summed E-state index contributed by atoms with van der Waals surface area (Å²) in [6.45, 7) is 4.69. The van der Waals surface area contributed by atoms with Crippen LogP contribution in [0.2, 0.25) is 0 Å². The van der Waals surface area contributed by atoms with Crippen LogP contribution in [-0.4, -0.2) is 0 Å². The first-order valence-corrected chi connectivity index (χ1v) is 23.0. The Morgan fingerprint density at radius 1 is 0.284 bits per heavy atom. The monoisotopic (exact) mass is 860 g/mol. The molecule has 0 bridgehead atoms. The highest BCUT2D eigenvalue weighted by atomic mass is 16.3. The molecule has 4 heteroatoms. The second-order valence-electron chi connectivity index (χ2n) is 18.1. The van der Waals surface area contributed by atoms with Crippen LogP contribution in [0, 0.1) is 0 Å². The Bertz CT molecular complexity index is 3820. The van der Waals surface area contributed by atoms with Crippen LogP contribution < -0.4 is 9.80 Å². The zero-order chi connectivity index (χ0) is 44.6. The molecule has 4 nitrogen and oxygen atoms in total. The second kappa shape index (κ2) is 15.3. The summed E-state index contributed by atoms with van der Waals surface area (Å²) in [5, 5.41) is 4.39. The molecular formula is C63H44N2O2. The molecule has 12 aromatic rings. The van der Waals surface area contributed by atoms with Crippen molar-refractivity contribution in [3.05, 3.63) is 242 Å². The van der Waals surface area contributed by atoms with Crippen LogP contribution in [-0.2, 0) is 5.41 Å². The minimum Gasteiger partial charge on any atom is -0.456 e. The summed E-state index contributed by atoms with van der Waals surface area (Å²) in [6, 6.07) is 82.7. The zero-order valence-electron chi connectivity index (χ0n) is 37.2. The topological polar surface area (TPSA) is 32.8 Å². The van der Waals surface area contributed by atoms with E-state index >= 15 is 0 Å². The predicted octanol–water partition coefficient (Wildman–Crippen LogP) is 18.1. The van der Waals surface area contributed by atoms with Crippen molar-refractivity contribution in [3.8, 4) is 33.4 Å². The van der Waals surface area contributed by atoms with Gasteiger partial charge in [0.15, 0.2) is 0 Å². The number of fused-ring (bicyclic) bond motifs is 9. The lowest BCUT2D eigenvalue weighted by Gasteiger charge is -2.28. The van der Waals surface area contributed by atoms with E-state index in [0.717, 1.165) is 89.1 Å². The summed E-state index contributed by atoms with van der Waals surface area (Å²) in [5.41, 5.74) is 19.8. The fourth-order valence-electron chi connectivity index (χ4n) is 10.5. The van der Waals surface area contributed by atoms with E-state index in [0.29, 0.717) is 0 Å². The molecule has 13 rings (SSSR count). The van der Waals surface area contributed by atoms with E-state index in [9.17, 15) is 0 Å². The van der Waals surface area contributed by atoms with Gasteiger partial charge in [0.25, 0.3) is 0 Å². The SMILES string of the molecule is CC1(C)c2ccccc2-c2ccc(N(c3ccc(-c4ccccc4)cc3)c3ccc(-c4ccc(N(c5ccc6c(c5)oc5ccccc56)c5ccc6oc7ccccc7c6c5)cc4)cc3)cc21. The molecule has 0 saturated heterocycles. The molecular weight excluding hydrogens is 817 g/mol. The molecule has 1 aliphatic rings. The van der Waals surface area contributed by atoms with E-state index in [2.05, 4.69) is 230 Å². The van der Waals surface area contributed by atoms with E-state index in [-0.39, 0.29) is 5.41 Å². The van der Waals surface area contributed by atoms with Gasteiger partial charge in [-0.2, -0.15) is 0 Å². The molecule has 318 valence electrons. The summed E-state index contributed by atoms with van der Waals surface area (Å²) in [7, 11) is 0. The Hall–Kier alpha value is -8.60. The molecule has 0 aliphatic heterocycles. The highest BCUT2D eigenvalue weighted by molar-refractivity contribution is 6.08. The number of benzene rings is 10. The fraction of sp³-hybridized carbons (Fsp3) is 0.0476. The Morgan fingerprint density at radius 2 is 0.701 bits per heavy atom. The second-order valence-corrected chi connectivity index (χ2v) is 18.1. The van der Waals surface area contributed by atoms with Crippen LogP contribution >= 0.6 is 0 Å². The highest BCUT2D eigenvalue weighted by Crippen LogP contribution is 2.51. The Kier molecular flexibility index (Phi) is 8.84. The van der Waals surface area contributed by atoms with Gasteiger partial charge in [-0.15, -0.1) is 0 Å². The van der Waals surface area contributed by atoms with Crippen LogP contribution in [0.4, 0.5) is 34.1 Å². The van der Waals surface area contributed by atoms with Gasteiger partial charge in [-0.05, 0) is 136 Å². The lowest BCUT2D eigenvalue weighted by molar-refractivity contribution is 0.660. The third-order valence-corrected chi connectivity index (χ3v) is 13.9. The predicted molar refractivity (Wildman–Crippen MR) is 279 cm³/mol. The molecule has 0 amide bonds. The summed E-state index contributed by atoms with van der Waals surface area (Å²) in [4.78, 5) is 4.69. The number of rotatable bonds is 8. The maximum Gasteiger partial charge on any atom is 0.137 e. The molecule has 1 aliphatic carbocycles. The normalized spacial score (nSPS) is 12.7. The third-order valence-electron chi connectivity index (χ3n) is 13.9. The number of hydrogen-bond donors (Lipinski definition) is 0. The number of para-hydroxylation sites is 2. The van der Waals surface area contributed by atoms with Crippen LogP contribution in [0.15, 0.2) is 239 Å². The van der Waals surface area contributed by atoms with Crippen molar-refractivity contribution in [2.75, 3.05) is 9.80 Å². The van der Waals surface area contributed by atoms with Crippen molar-refractivity contribution in [2.45, 2.75) is 19.3 Å². The van der Waals surface area contributed by atoms with Crippen molar-refractivity contribution in [1.82, 2.24) is 0 Å². The maximum absolute atomic E-state index is 6.41. The molecule has 0 radical (unpaired) electrons. The first-order valence-electron chi connectivity index (χ1n) is 23.0. The van der Waals surface area contributed by atoms with Crippen molar-refractivity contribution < 1.29 is 8.83 Å². The van der Waals surface area contributed by atoms with Crippen LogP contribution in [0.25, 0.3) is 77.3 Å². The lowest BCUT2D eigenvalue weighted by atomic mass is 9.82. The summed E-state index contributed by atoms with van der Waals surface area (Å²) in [6.07, 6.45) is 0. The molecule has 0 spiro atoms. The van der Waals surface area contributed by atoms with Crippen molar-refractivity contribution in [2.24, 2.45) is 0 Å². The van der Waals surface area contributed by atoms with Gasteiger partial charge in [-0.3, -0.25) is 0 Å². The minimum absolute atomic E-state index is 0.114. The smallest absolute Gasteiger partial charge is 0.137 e. The van der Waals surface area contributed by atoms with Crippen LogP contribution in [0.1, 0.15) is 25.0 Å². The van der Waals surface area contributed by atoms with Gasteiger partial charge >= 0.3 is 0 Å². The molecule has 67 heavy (non-hydrogen) atoms. The Labute approximate surface area is 389 Å². The molecule has 0 N–H and O–H groups in total. The average molecular weight is 861 g/mol. The average Bonchev–Trinajstić information content (AvgIpc) is 4.02. The summed E-state index contributed by atoms with van der Waals surface area (Å²) in [5.74, 6) is 0. The van der Waals surface area contributed by atoms with Crippen LogP contribution in [0.3, 0.4) is 0 Å². The third kappa shape index (κ3) is 6.44. The molecule has 0 fully saturated rings. The number of anilines is 6. The maximum atomic E-state index is 6.41.